The fourth-order valence-corrected chi connectivity index (χ4v) is 3.64. The minimum Gasteiger partial charge on any atom is -0.382 e. The third kappa shape index (κ3) is 114. The van der Waals surface area contributed by atoms with Gasteiger partial charge in [-0.1, -0.05) is 0 Å². The Morgan fingerprint density at radius 2 is 0.153 bits per heavy atom. The van der Waals surface area contributed by atoms with Gasteiger partial charge in [0.1, 0.15) is 0 Å². The van der Waals surface area contributed by atoms with Crippen molar-refractivity contribution in [3.05, 3.63) is 0 Å². The van der Waals surface area contributed by atoms with Crippen molar-refractivity contribution < 1.29 is 114 Å². The topological polar surface area (TPSA) is 222 Å². The van der Waals surface area contributed by atoms with Crippen LogP contribution >= 0.6 is 0 Å². The third-order valence-electron chi connectivity index (χ3n) is 7.41. The number of ether oxygens (including phenoxy) is 24. The summed E-state index contributed by atoms with van der Waals surface area (Å²) in [5, 5.41) is 0. The fraction of sp³-hybridized carbons (Fsp3) is 1.00. The molecule has 0 spiro atoms. The smallest absolute Gasteiger partial charge is 0.0701 e. The summed E-state index contributed by atoms with van der Waals surface area (Å²) >= 11 is 0. The van der Waals surface area contributed by atoms with E-state index in [1.807, 2.05) is 0 Å². The van der Waals surface area contributed by atoms with Crippen LogP contribution in [-0.2, 0) is 114 Å². The monoisotopic (exact) mass is 1070 g/mol. The highest BCUT2D eigenvalue weighted by Crippen LogP contribution is 1.85. The molecular weight excluding hydrogens is 961 g/mol. The molecule has 0 rings (SSSR count). The summed E-state index contributed by atoms with van der Waals surface area (Å²) in [6.45, 7) is 22.5. The van der Waals surface area contributed by atoms with E-state index in [0.29, 0.717) is 238 Å². The predicted octanol–water partition coefficient (Wildman–Crippen LogP) is 1.87. The van der Waals surface area contributed by atoms with Crippen LogP contribution in [0.25, 0.3) is 0 Å². The molecule has 0 aliphatic heterocycles. The molecule has 0 radical (unpaired) electrons. The number of methoxy groups -OCH3 is 12. The number of hydrogen-bond donors (Lipinski definition) is 0. The SMILES string of the molecule is COCCOCCOC.COCCOCCOC.COCCOCCOCCOC.COCCOCCOCCOC.COCCOCCOCCOCCOC.COCCOCCOCCOCCOC. The molecule has 0 N–H and O–H groups in total. The second-order valence-electron chi connectivity index (χ2n) is 13.3. The molecule has 24 nitrogen and oxygen atoms in total. The van der Waals surface area contributed by atoms with Crippen molar-refractivity contribution in [1.82, 2.24) is 0 Å². The standard InChI is InChI=1S/2C10H22O5.2C8H18O4.2C6H14O3/c2*1-11-3-5-13-7-9-15-10-8-14-6-4-12-2;2*1-9-3-5-11-7-8-12-6-4-10-2;2*1-7-3-5-9-6-4-8-2/h2*3-10H2,1-2H3;2*3-8H2,1-2H3;2*3-6H2,1-2H3. The van der Waals surface area contributed by atoms with Gasteiger partial charge in [-0.05, 0) is 0 Å². The van der Waals surface area contributed by atoms with E-state index in [9.17, 15) is 0 Å². The molecule has 0 aromatic rings. The van der Waals surface area contributed by atoms with Gasteiger partial charge in [-0.2, -0.15) is 0 Å². The average Bonchev–Trinajstić information content (AvgIpc) is 3.40. The Morgan fingerprint density at radius 3 is 0.208 bits per heavy atom. The molecule has 0 bridgehead atoms. The summed E-state index contributed by atoms with van der Waals surface area (Å²) in [6.07, 6.45) is 0. The van der Waals surface area contributed by atoms with Crippen LogP contribution in [0.5, 0.6) is 0 Å². The molecule has 24 heteroatoms. The van der Waals surface area contributed by atoms with Crippen LogP contribution in [0.15, 0.2) is 0 Å². The molecule has 444 valence electrons. The molecule has 0 heterocycles. The van der Waals surface area contributed by atoms with Crippen molar-refractivity contribution in [3.63, 3.8) is 0 Å². The van der Waals surface area contributed by atoms with Crippen molar-refractivity contribution in [3.8, 4) is 0 Å². The largest absolute Gasteiger partial charge is 0.382 e. The lowest BCUT2D eigenvalue weighted by atomic mass is 10.7. The normalized spacial score (nSPS) is 10.5. The minimum absolute atomic E-state index is 0.595. The maximum absolute atomic E-state index is 5.26. The fourth-order valence-electron chi connectivity index (χ4n) is 3.64. The van der Waals surface area contributed by atoms with Crippen LogP contribution in [0.2, 0.25) is 0 Å². The lowest BCUT2D eigenvalue weighted by Crippen LogP contribution is -2.12. The molecule has 0 amide bonds. The Hall–Kier alpha value is -0.960. The van der Waals surface area contributed by atoms with Gasteiger partial charge < -0.3 is 114 Å². The molecule has 0 aliphatic rings. The van der Waals surface area contributed by atoms with Gasteiger partial charge in [-0.25, -0.2) is 0 Å². The first kappa shape index (κ1) is 82.4. The zero-order valence-corrected chi connectivity index (χ0v) is 47.3. The molecule has 0 fully saturated rings. The summed E-state index contributed by atoms with van der Waals surface area (Å²) in [5.41, 5.74) is 0. The zero-order chi connectivity index (χ0) is 54.4. The van der Waals surface area contributed by atoms with Crippen LogP contribution in [-0.4, -0.2) is 323 Å². The van der Waals surface area contributed by atoms with Gasteiger partial charge in [0.05, 0.1) is 238 Å². The maximum atomic E-state index is 5.26. The second-order valence-corrected chi connectivity index (χ2v) is 13.3. The molecule has 0 aromatic heterocycles. The highest BCUT2D eigenvalue weighted by molar-refractivity contribution is 4.37. The van der Waals surface area contributed by atoms with Gasteiger partial charge in [0, 0.05) is 85.3 Å². The van der Waals surface area contributed by atoms with Crippen molar-refractivity contribution in [1.29, 1.82) is 0 Å². The van der Waals surface area contributed by atoms with E-state index in [4.69, 9.17) is 114 Å². The summed E-state index contributed by atoms with van der Waals surface area (Å²) in [5.74, 6) is 0. The van der Waals surface area contributed by atoms with Crippen molar-refractivity contribution in [2.45, 2.75) is 0 Å². The molecule has 0 saturated carbocycles. The first-order valence-electron chi connectivity index (χ1n) is 24.3. The first-order valence-corrected chi connectivity index (χ1v) is 24.3. The van der Waals surface area contributed by atoms with Gasteiger partial charge in [-0.3, -0.25) is 0 Å². The highest BCUT2D eigenvalue weighted by Gasteiger charge is 1.94. The summed E-state index contributed by atoms with van der Waals surface area (Å²) < 4.78 is 120. The summed E-state index contributed by atoms with van der Waals surface area (Å²) in [6, 6.07) is 0. The Balaban J connectivity index is -0.000000183. The van der Waals surface area contributed by atoms with E-state index in [0.717, 1.165) is 0 Å². The van der Waals surface area contributed by atoms with Crippen LogP contribution in [0, 0.1) is 0 Å². The predicted molar refractivity (Wildman–Crippen MR) is 272 cm³/mol. The van der Waals surface area contributed by atoms with Crippen molar-refractivity contribution in [2.75, 3.05) is 323 Å². The van der Waals surface area contributed by atoms with Crippen LogP contribution in [0.4, 0.5) is 0 Å². The Kier molecular flexibility index (Phi) is 110. The second kappa shape index (κ2) is 95.8. The van der Waals surface area contributed by atoms with E-state index < -0.39 is 0 Å². The van der Waals surface area contributed by atoms with Crippen LogP contribution in [0.1, 0.15) is 0 Å². The van der Waals surface area contributed by atoms with Crippen LogP contribution in [0.3, 0.4) is 0 Å². The summed E-state index contributed by atoms with van der Waals surface area (Å²) in [4.78, 5) is 0. The summed E-state index contributed by atoms with van der Waals surface area (Å²) in [7, 11) is 19.8. The maximum Gasteiger partial charge on any atom is 0.0701 e. The highest BCUT2D eigenvalue weighted by atomic mass is 16.6. The van der Waals surface area contributed by atoms with Crippen molar-refractivity contribution in [2.24, 2.45) is 0 Å². The van der Waals surface area contributed by atoms with E-state index in [2.05, 4.69) is 0 Å². The quantitative estimate of drug-likeness (QED) is 0.0794. The molecule has 0 aromatic carbocycles. The first-order chi connectivity index (χ1) is 35.5. The van der Waals surface area contributed by atoms with E-state index in [1.54, 1.807) is 85.3 Å². The average molecular weight is 1070 g/mol. The molecule has 0 unspecified atom stereocenters. The molecule has 0 saturated heterocycles. The van der Waals surface area contributed by atoms with E-state index in [-0.39, 0.29) is 0 Å². The molecule has 0 aliphatic carbocycles. The van der Waals surface area contributed by atoms with Gasteiger partial charge in [-0.15, -0.1) is 0 Å². The van der Waals surface area contributed by atoms with E-state index in [1.165, 1.54) is 0 Å². The zero-order valence-electron chi connectivity index (χ0n) is 47.3. The Morgan fingerprint density at radius 1 is 0.0972 bits per heavy atom. The van der Waals surface area contributed by atoms with Gasteiger partial charge in [0.25, 0.3) is 0 Å². The van der Waals surface area contributed by atoms with Crippen molar-refractivity contribution >= 4 is 0 Å². The molecule has 72 heavy (non-hydrogen) atoms. The van der Waals surface area contributed by atoms with Gasteiger partial charge in [0.15, 0.2) is 0 Å². The lowest BCUT2D eigenvalue weighted by molar-refractivity contribution is -0.00380. The Bertz CT molecular complexity index is 659. The number of rotatable bonds is 54. The van der Waals surface area contributed by atoms with E-state index >= 15 is 0 Å². The molecule has 0 atom stereocenters. The molecular formula is C48H108O24. The minimum atomic E-state index is 0.595. The van der Waals surface area contributed by atoms with Gasteiger partial charge in [0.2, 0.25) is 0 Å². The van der Waals surface area contributed by atoms with Crippen LogP contribution < -0.4 is 0 Å². The number of hydrogen-bond acceptors (Lipinski definition) is 24. The van der Waals surface area contributed by atoms with Gasteiger partial charge >= 0.3 is 0 Å². The lowest BCUT2D eigenvalue weighted by Gasteiger charge is -2.06. The third-order valence-corrected chi connectivity index (χ3v) is 7.41. The Labute approximate surface area is 436 Å².